The molecule has 138 valence electrons. The summed E-state index contributed by atoms with van der Waals surface area (Å²) >= 11 is 0. The Morgan fingerprint density at radius 2 is 1.89 bits per heavy atom. The molecule has 0 saturated carbocycles. The van der Waals surface area contributed by atoms with Crippen LogP contribution >= 0.6 is 0 Å². The fourth-order valence-electron chi connectivity index (χ4n) is 2.91. The number of non-ortho nitro benzene ring substituents is 1. The van der Waals surface area contributed by atoms with Gasteiger partial charge >= 0.3 is 0 Å². The van der Waals surface area contributed by atoms with Crippen molar-refractivity contribution in [3.8, 4) is 11.3 Å². The zero-order valence-corrected chi connectivity index (χ0v) is 15.0. The average molecular weight is 372 g/mol. The normalized spacial score (nSPS) is 10.8. The molecule has 2 aromatic heterocycles. The van der Waals surface area contributed by atoms with E-state index in [1.54, 1.807) is 12.1 Å². The van der Waals surface area contributed by atoms with Gasteiger partial charge in [-0.15, -0.1) is 0 Å². The van der Waals surface area contributed by atoms with E-state index in [1.165, 1.54) is 24.3 Å². The fraction of sp³-hybridized carbons (Fsp3) is 0.0476. The van der Waals surface area contributed by atoms with Crippen LogP contribution in [0.15, 0.2) is 73.1 Å². The molecule has 0 aliphatic heterocycles. The van der Waals surface area contributed by atoms with Crippen molar-refractivity contribution in [2.24, 2.45) is 0 Å². The Hall–Kier alpha value is -4.00. The zero-order valence-electron chi connectivity index (χ0n) is 15.0. The van der Waals surface area contributed by atoms with Crippen LogP contribution < -0.4 is 5.32 Å². The Labute approximate surface area is 160 Å². The number of benzene rings is 2. The summed E-state index contributed by atoms with van der Waals surface area (Å²) in [5, 5.41) is 13.6. The highest BCUT2D eigenvalue weighted by atomic mass is 16.6. The van der Waals surface area contributed by atoms with Gasteiger partial charge in [0, 0.05) is 41.3 Å². The molecule has 1 amide bonds. The molecule has 28 heavy (non-hydrogen) atoms. The molecule has 0 aliphatic rings. The maximum Gasteiger partial charge on any atom is 0.270 e. The fourth-order valence-corrected chi connectivity index (χ4v) is 2.91. The van der Waals surface area contributed by atoms with Crippen LogP contribution in [0.25, 0.3) is 16.9 Å². The number of fused-ring (bicyclic) bond motifs is 1. The second-order valence-corrected chi connectivity index (χ2v) is 6.43. The van der Waals surface area contributed by atoms with Crippen molar-refractivity contribution >= 4 is 22.9 Å². The van der Waals surface area contributed by atoms with Crippen LogP contribution in [0.5, 0.6) is 0 Å². The number of nitro groups is 1. The number of carbonyl (C=O) groups is 1. The van der Waals surface area contributed by atoms with Crippen LogP contribution in [-0.4, -0.2) is 20.2 Å². The van der Waals surface area contributed by atoms with E-state index in [9.17, 15) is 14.9 Å². The number of hydrogen-bond donors (Lipinski definition) is 1. The van der Waals surface area contributed by atoms with Crippen molar-refractivity contribution in [1.82, 2.24) is 9.38 Å². The molecule has 7 nitrogen and oxygen atoms in total. The highest BCUT2D eigenvalue weighted by molar-refractivity contribution is 6.04. The van der Waals surface area contributed by atoms with Crippen LogP contribution in [-0.2, 0) is 0 Å². The van der Waals surface area contributed by atoms with Crippen molar-refractivity contribution < 1.29 is 9.72 Å². The number of nitro benzene ring substituents is 1. The van der Waals surface area contributed by atoms with Crippen LogP contribution in [0.4, 0.5) is 11.4 Å². The number of amides is 1. The molecular weight excluding hydrogens is 356 g/mol. The maximum absolute atomic E-state index is 12.3. The van der Waals surface area contributed by atoms with Gasteiger partial charge in [0.1, 0.15) is 5.65 Å². The quantitative estimate of drug-likeness (QED) is 0.423. The van der Waals surface area contributed by atoms with E-state index >= 15 is 0 Å². The number of nitrogens with zero attached hydrogens (tertiary/aromatic N) is 3. The minimum absolute atomic E-state index is 0.120. The molecule has 0 bridgehead atoms. The lowest BCUT2D eigenvalue weighted by Gasteiger charge is -2.06. The first-order valence-electron chi connectivity index (χ1n) is 8.61. The number of aromatic nitrogens is 2. The zero-order chi connectivity index (χ0) is 19.7. The molecule has 0 spiro atoms. The van der Waals surface area contributed by atoms with E-state index < -0.39 is 10.8 Å². The Balaban J connectivity index is 1.53. The molecule has 0 saturated heterocycles. The smallest absolute Gasteiger partial charge is 0.270 e. The molecular formula is C21H16N4O3. The number of rotatable bonds is 4. The van der Waals surface area contributed by atoms with E-state index in [0.29, 0.717) is 5.69 Å². The van der Waals surface area contributed by atoms with Gasteiger partial charge in [0.05, 0.1) is 10.6 Å². The summed E-state index contributed by atoms with van der Waals surface area (Å²) < 4.78 is 1.96. The topological polar surface area (TPSA) is 89.5 Å². The predicted molar refractivity (Wildman–Crippen MR) is 106 cm³/mol. The first-order chi connectivity index (χ1) is 13.5. The molecule has 2 aromatic carbocycles. The third-order valence-electron chi connectivity index (χ3n) is 4.37. The Bertz CT molecular complexity index is 1200. The molecule has 0 radical (unpaired) electrons. The third-order valence-corrected chi connectivity index (χ3v) is 4.37. The van der Waals surface area contributed by atoms with Crippen LogP contribution in [0.3, 0.4) is 0 Å². The lowest BCUT2D eigenvalue weighted by atomic mass is 10.1. The van der Waals surface area contributed by atoms with E-state index in [4.69, 9.17) is 0 Å². The lowest BCUT2D eigenvalue weighted by Crippen LogP contribution is -2.11. The van der Waals surface area contributed by atoms with E-state index in [0.717, 1.165) is 22.5 Å². The van der Waals surface area contributed by atoms with Crippen molar-refractivity contribution in [3.63, 3.8) is 0 Å². The van der Waals surface area contributed by atoms with E-state index in [2.05, 4.69) is 10.3 Å². The monoisotopic (exact) mass is 372 g/mol. The lowest BCUT2D eigenvalue weighted by molar-refractivity contribution is -0.384. The molecule has 2 heterocycles. The summed E-state index contributed by atoms with van der Waals surface area (Å²) in [6.45, 7) is 2.02. The molecule has 4 rings (SSSR count). The van der Waals surface area contributed by atoms with Crippen molar-refractivity contribution in [2.75, 3.05) is 5.32 Å². The Morgan fingerprint density at radius 1 is 1.11 bits per heavy atom. The van der Waals surface area contributed by atoms with Crippen molar-refractivity contribution in [2.45, 2.75) is 6.92 Å². The highest BCUT2D eigenvalue weighted by Crippen LogP contribution is 2.22. The second-order valence-electron chi connectivity index (χ2n) is 6.43. The number of anilines is 1. The van der Waals surface area contributed by atoms with Crippen LogP contribution in [0.2, 0.25) is 0 Å². The van der Waals surface area contributed by atoms with Gasteiger partial charge in [0.25, 0.3) is 11.6 Å². The standard InChI is InChI=1S/C21H16N4O3/c1-14-9-10-24-13-19(23-20(24)11-14)15-5-7-17(8-6-15)22-21(26)16-3-2-4-18(12-16)25(27)28/h2-13H,1H3,(H,22,26). The van der Waals surface area contributed by atoms with Gasteiger partial charge in [-0.1, -0.05) is 18.2 Å². The average Bonchev–Trinajstić information content (AvgIpc) is 3.11. The van der Waals surface area contributed by atoms with E-state index in [-0.39, 0.29) is 11.3 Å². The largest absolute Gasteiger partial charge is 0.322 e. The minimum atomic E-state index is -0.526. The molecule has 0 atom stereocenters. The molecule has 4 aromatic rings. The summed E-state index contributed by atoms with van der Waals surface area (Å²) in [6.07, 6.45) is 3.92. The first kappa shape index (κ1) is 17.4. The number of aryl methyl sites for hydroxylation is 1. The summed E-state index contributed by atoms with van der Waals surface area (Å²) in [5.41, 5.74) is 4.48. The third kappa shape index (κ3) is 3.45. The van der Waals surface area contributed by atoms with Gasteiger partial charge in [-0.2, -0.15) is 0 Å². The van der Waals surface area contributed by atoms with Gasteiger partial charge in [0.15, 0.2) is 0 Å². The second kappa shape index (κ2) is 6.96. The molecule has 0 fully saturated rings. The Kier molecular flexibility index (Phi) is 4.33. The Morgan fingerprint density at radius 3 is 2.64 bits per heavy atom. The number of imidazole rings is 1. The minimum Gasteiger partial charge on any atom is -0.322 e. The van der Waals surface area contributed by atoms with Gasteiger partial charge in [-0.25, -0.2) is 4.98 Å². The van der Waals surface area contributed by atoms with Gasteiger partial charge in [-0.05, 0) is 42.8 Å². The SMILES string of the molecule is Cc1ccn2cc(-c3ccc(NC(=O)c4cccc([N+](=O)[O-])c4)cc3)nc2c1. The molecule has 0 aliphatic carbocycles. The summed E-state index contributed by atoms with van der Waals surface area (Å²) in [6, 6.07) is 17.0. The van der Waals surface area contributed by atoms with Crippen LogP contribution in [0, 0.1) is 17.0 Å². The summed E-state index contributed by atoms with van der Waals surface area (Å²) in [5.74, 6) is -0.403. The van der Waals surface area contributed by atoms with Crippen molar-refractivity contribution in [1.29, 1.82) is 0 Å². The first-order valence-corrected chi connectivity index (χ1v) is 8.61. The van der Waals surface area contributed by atoms with Gasteiger partial charge < -0.3 is 9.72 Å². The predicted octanol–water partition coefficient (Wildman–Crippen LogP) is 4.47. The van der Waals surface area contributed by atoms with Gasteiger partial charge in [0.2, 0.25) is 0 Å². The summed E-state index contributed by atoms with van der Waals surface area (Å²) in [4.78, 5) is 27.3. The number of nitrogens with one attached hydrogen (secondary N) is 1. The molecule has 1 N–H and O–H groups in total. The van der Waals surface area contributed by atoms with Crippen LogP contribution in [0.1, 0.15) is 15.9 Å². The molecule has 0 unspecified atom stereocenters. The molecule has 7 heteroatoms. The number of carbonyl (C=O) groups excluding carboxylic acids is 1. The maximum atomic E-state index is 12.3. The number of hydrogen-bond acceptors (Lipinski definition) is 4. The number of pyridine rings is 1. The highest BCUT2D eigenvalue weighted by Gasteiger charge is 2.12. The van der Waals surface area contributed by atoms with Crippen molar-refractivity contribution in [3.05, 3.63) is 94.3 Å². The van der Waals surface area contributed by atoms with Gasteiger partial charge in [-0.3, -0.25) is 14.9 Å². The van der Waals surface area contributed by atoms with E-state index in [1.807, 2.05) is 48.0 Å². The summed E-state index contributed by atoms with van der Waals surface area (Å²) in [7, 11) is 0.